The summed E-state index contributed by atoms with van der Waals surface area (Å²) in [4.78, 5) is 7.84. The van der Waals surface area contributed by atoms with Gasteiger partial charge in [-0.2, -0.15) is 5.26 Å². The summed E-state index contributed by atoms with van der Waals surface area (Å²) in [7, 11) is 0. The third kappa shape index (κ3) is 1.79. The van der Waals surface area contributed by atoms with Crippen molar-refractivity contribution in [1.29, 1.82) is 5.26 Å². The van der Waals surface area contributed by atoms with E-state index in [2.05, 4.69) is 9.97 Å². The Morgan fingerprint density at radius 1 is 1.55 bits per heavy atom. The second-order valence-corrected chi connectivity index (χ2v) is 3.23. The Morgan fingerprint density at radius 2 is 2.18 bits per heavy atom. The Balaban J connectivity index is 3.35. The fraction of sp³-hybridized carbons (Fsp3) is 0.167. The maximum Gasteiger partial charge on any atom is 0.172 e. The molecule has 1 rings (SSSR count). The van der Waals surface area contributed by atoms with Gasteiger partial charge in [0.15, 0.2) is 10.8 Å². The summed E-state index contributed by atoms with van der Waals surface area (Å²) in [6.45, 7) is 1.71. The molecule has 0 aliphatic heterocycles. The average molecular weight is 279 g/mol. The van der Waals surface area contributed by atoms with Gasteiger partial charge in [0, 0.05) is 0 Å². The smallest absolute Gasteiger partial charge is 0.172 e. The number of nitriles is 1. The van der Waals surface area contributed by atoms with Crippen LogP contribution in [0.4, 0.5) is 0 Å². The molecule has 5 heteroatoms. The number of aryl methyl sites for hydroxylation is 1. The number of nitrogens with zero attached hydrogens (tertiary/aromatic N) is 3. The van der Waals surface area contributed by atoms with E-state index in [0.717, 1.165) is 0 Å². The summed E-state index contributed by atoms with van der Waals surface area (Å²) < 4.78 is 0.542. The van der Waals surface area contributed by atoms with E-state index in [1.807, 2.05) is 28.7 Å². The van der Waals surface area contributed by atoms with Crippen LogP contribution >= 0.6 is 34.2 Å². The zero-order valence-electron chi connectivity index (χ0n) is 5.60. The maximum atomic E-state index is 8.53. The van der Waals surface area contributed by atoms with Crippen molar-refractivity contribution in [3.63, 3.8) is 0 Å². The van der Waals surface area contributed by atoms with Gasteiger partial charge in [-0.05, 0) is 29.5 Å². The van der Waals surface area contributed by atoms with E-state index >= 15 is 0 Å². The van der Waals surface area contributed by atoms with Gasteiger partial charge in [0.2, 0.25) is 0 Å². The summed E-state index contributed by atoms with van der Waals surface area (Å²) >= 11 is 7.58. The normalized spacial score (nSPS) is 9.27. The first kappa shape index (κ1) is 8.68. The molecule has 0 aliphatic rings. The lowest BCUT2D eigenvalue weighted by Gasteiger charge is -1.97. The van der Waals surface area contributed by atoms with E-state index in [4.69, 9.17) is 16.9 Å². The van der Waals surface area contributed by atoms with Crippen molar-refractivity contribution in [2.45, 2.75) is 6.92 Å². The largest absolute Gasteiger partial charge is 0.237 e. The van der Waals surface area contributed by atoms with Gasteiger partial charge in [-0.25, -0.2) is 9.97 Å². The lowest BCUT2D eigenvalue weighted by molar-refractivity contribution is 1.06. The third-order valence-corrected chi connectivity index (χ3v) is 2.19. The Bertz CT molecular complexity index is 331. The van der Waals surface area contributed by atoms with Crippen molar-refractivity contribution in [3.05, 3.63) is 20.2 Å². The lowest BCUT2D eigenvalue weighted by atomic mass is 10.4. The summed E-state index contributed by atoms with van der Waals surface area (Å²) in [6, 6.07) is 1.92. The maximum absolute atomic E-state index is 8.53. The first-order valence-electron chi connectivity index (χ1n) is 2.75. The molecule has 56 valence electrons. The zero-order valence-corrected chi connectivity index (χ0v) is 8.51. The van der Waals surface area contributed by atoms with Crippen LogP contribution in [-0.2, 0) is 0 Å². The van der Waals surface area contributed by atoms with Gasteiger partial charge >= 0.3 is 0 Å². The number of hydrogen-bond donors (Lipinski definition) is 0. The highest BCUT2D eigenvalue weighted by Crippen LogP contribution is 2.13. The molecule has 1 aromatic heterocycles. The molecule has 0 atom stereocenters. The molecule has 0 spiro atoms. The Kier molecular flexibility index (Phi) is 2.62. The molecular formula is C6H3ClIN3. The molecule has 0 bridgehead atoms. The number of aromatic nitrogens is 2. The molecule has 0 aliphatic carbocycles. The first-order chi connectivity index (χ1) is 5.15. The molecule has 0 saturated carbocycles. The van der Waals surface area contributed by atoms with Gasteiger partial charge in [-0.3, -0.25) is 0 Å². The summed E-state index contributed by atoms with van der Waals surface area (Å²) in [5.41, 5.74) is 0.913. The molecular weight excluding hydrogens is 276 g/mol. The third-order valence-electron chi connectivity index (χ3n) is 1.08. The SMILES string of the molecule is Cc1nc(C#N)c(I)nc1Cl. The Labute approximate surface area is 82.6 Å². The van der Waals surface area contributed by atoms with Crippen LogP contribution in [0.25, 0.3) is 0 Å². The van der Waals surface area contributed by atoms with Crippen LogP contribution in [0.5, 0.6) is 0 Å². The highest BCUT2D eigenvalue weighted by molar-refractivity contribution is 14.1. The van der Waals surface area contributed by atoms with Gasteiger partial charge in [0.1, 0.15) is 9.77 Å². The number of halogens is 2. The molecule has 1 heterocycles. The number of rotatable bonds is 0. The van der Waals surface area contributed by atoms with E-state index in [9.17, 15) is 0 Å². The average Bonchev–Trinajstić information content (AvgIpc) is 1.97. The number of hydrogen-bond acceptors (Lipinski definition) is 3. The quantitative estimate of drug-likeness (QED) is 0.682. The lowest BCUT2D eigenvalue weighted by Crippen LogP contribution is -1.96. The van der Waals surface area contributed by atoms with Crippen molar-refractivity contribution in [2.75, 3.05) is 0 Å². The predicted octanol–water partition coefficient (Wildman–Crippen LogP) is 1.91. The molecule has 0 aromatic carbocycles. The molecule has 1 aromatic rings. The molecule has 3 nitrogen and oxygen atoms in total. The van der Waals surface area contributed by atoms with Crippen molar-refractivity contribution >= 4 is 34.2 Å². The van der Waals surface area contributed by atoms with Crippen LogP contribution < -0.4 is 0 Å². The van der Waals surface area contributed by atoms with Crippen LogP contribution in [0.15, 0.2) is 0 Å². The van der Waals surface area contributed by atoms with Crippen molar-refractivity contribution in [3.8, 4) is 6.07 Å². The molecule has 0 fully saturated rings. The minimum atomic E-state index is 0.326. The van der Waals surface area contributed by atoms with E-state index in [1.165, 1.54) is 0 Å². The van der Waals surface area contributed by atoms with E-state index < -0.39 is 0 Å². The van der Waals surface area contributed by atoms with Crippen LogP contribution in [0.1, 0.15) is 11.4 Å². The highest BCUT2D eigenvalue weighted by atomic mass is 127. The molecule has 0 amide bonds. The van der Waals surface area contributed by atoms with Crippen molar-refractivity contribution < 1.29 is 0 Å². The predicted molar refractivity (Wildman–Crippen MR) is 49.2 cm³/mol. The fourth-order valence-electron chi connectivity index (χ4n) is 0.551. The molecule has 0 saturated heterocycles. The zero-order chi connectivity index (χ0) is 8.43. The van der Waals surface area contributed by atoms with Gasteiger partial charge in [0.25, 0.3) is 0 Å². The van der Waals surface area contributed by atoms with E-state index in [-0.39, 0.29) is 0 Å². The summed E-state index contributed by atoms with van der Waals surface area (Å²) in [6.07, 6.45) is 0. The van der Waals surface area contributed by atoms with Crippen molar-refractivity contribution in [2.24, 2.45) is 0 Å². The van der Waals surface area contributed by atoms with Crippen LogP contribution in [0.2, 0.25) is 5.15 Å². The van der Waals surface area contributed by atoms with E-state index in [1.54, 1.807) is 6.92 Å². The van der Waals surface area contributed by atoms with Gasteiger partial charge in [0.05, 0.1) is 5.69 Å². The molecule has 0 unspecified atom stereocenters. The standard InChI is InChI=1S/C6H3ClIN3/c1-3-5(7)11-6(8)4(2-9)10-3/h1H3. The first-order valence-corrected chi connectivity index (χ1v) is 4.20. The Morgan fingerprint density at radius 3 is 2.73 bits per heavy atom. The van der Waals surface area contributed by atoms with E-state index in [0.29, 0.717) is 20.2 Å². The highest BCUT2D eigenvalue weighted by Gasteiger charge is 2.05. The Hall–Kier alpha value is -0.410. The van der Waals surface area contributed by atoms with Gasteiger partial charge < -0.3 is 0 Å². The van der Waals surface area contributed by atoms with Gasteiger partial charge in [-0.15, -0.1) is 0 Å². The van der Waals surface area contributed by atoms with Crippen LogP contribution in [0.3, 0.4) is 0 Å². The molecule has 0 N–H and O–H groups in total. The summed E-state index contributed by atoms with van der Waals surface area (Å²) in [5.74, 6) is 0. The fourth-order valence-corrected chi connectivity index (χ4v) is 1.30. The minimum Gasteiger partial charge on any atom is -0.237 e. The molecule has 0 radical (unpaired) electrons. The van der Waals surface area contributed by atoms with Crippen LogP contribution in [0, 0.1) is 22.0 Å². The second kappa shape index (κ2) is 3.32. The topological polar surface area (TPSA) is 49.6 Å². The summed E-state index contributed by atoms with van der Waals surface area (Å²) in [5, 5.41) is 8.89. The molecule has 11 heavy (non-hydrogen) atoms. The minimum absolute atomic E-state index is 0.326. The van der Waals surface area contributed by atoms with Crippen LogP contribution in [-0.4, -0.2) is 9.97 Å². The monoisotopic (exact) mass is 279 g/mol. The van der Waals surface area contributed by atoms with Crippen molar-refractivity contribution in [1.82, 2.24) is 9.97 Å². The second-order valence-electron chi connectivity index (χ2n) is 1.85. The van der Waals surface area contributed by atoms with Gasteiger partial charge in [-0.1, -0.05) is 11.6 Å².